The van der Waals surface area contributed by atoms with Gasteiger partial charge in [-0.3, -0.25) is 9.59 Å². The number of carbonyl (C=O) groups is 3. The van der Waals surface area contributed by atoms with Gasteiger partial charge in [0.2, 0.25) is 0 Å². The normalized spacial score (nSPS) is 20.0. The van der Waals surface area contributed by atoms with Crippen molar-refractivity contribution in [3.63, 3.8) is 0 Å². The van der Waals surface area contributed by atoms with Gasteiger partial charge < -0.3 is 35.0 Å². The van der Waals surface area contributed by atoms with Crippen LogP contribution in [0, 0.1) is 5.92 Å². The summed E-state index contributed by atoms with van der Waals surface area (Å²) in [5, 5.41) is 16.0. The predicted molar refractivity (Wildman–Crippen MR) is 179 cm³/mol. The number of amides is 4. The molecule has 4 amide bonds. The van der Waals surface area contributed by atoms with Gasteiger partial charge in [-0.05, 0) is 75.6 Å². The fourth-order valence-electron chi connectivity index (χ4n) is 5.35. The molecule has 1 aliphatic rings. The zero-order chi connectivity index (χ0) is 33.1. The van der Waals surface area contributed by atoms with Crippen LogP contribution in [0.4, 0.5) is 16.2 Å². The molecule has 4 rings (SSSR count). The van der Waals surface area contributed by atoms with Gasteiger partial charge in [-0.25, -0.2) is 4.79 Å². The van der Waals surface area contributed by atoms with Crippen molar-refractivity contribution in [3.8, 4) is 5.75 Å². The number of para-hydroxylation sites is 1. The van der Waals surface area contributed by atoms with Gasteiger partial charge in [0.05, 0.1) is 30.4 Å². The number of hydrogen-bond acceptors (Lipinski definition) is 6. The highest BCUT2D eigenvalue weighted by atomic mass is 16.5. The molecule has 3 aromatic rings. The van der Waals surface area contributed by atoms with E-state index in [-0.39, 0.29) is 49.1 Å². The number of benzene rings is 3. The van der Waals surface area contributed by atoms with Gasteiger partial charge in [0.25, 0.3) is 11.8 Å². The van der Waals surface area contributed by atoms with Crippen molar-refractivity contribution in [1.82, 2.24) is 9.80 Å². The second-order valence-electron chi connectivity index (χ2n) is 12.0. The zero-order valence-corrected chi connectivity index (χ0v) is 27.1. The van der Waals surface area contributed by atoms with E-state index in [0.29, 0.717) is 41.4 Å². The van der Waals surface area contributed by atoms with Crippen LogP contribution in [-0.2, 0) is 4.74 Å². The van der Waals surface area contributed by atoms with E-state index in [0.717, 1.165) is 19.3 Å². The molecule has 10 nitrogen and oxygen atoms in total. The first-order chi connectivity index (χ1) is 22.2. The maximum atomic E-state index is 14.3. The fraction of sp³-hybridized carbons (Fsp3) is 0.417. The van der Waals surface area contributed by atoms with Crippen molar-refractivity contribution in [3.05, 3.63) is 90.0 Å². The highest BCUT2D eigenvalue weighted by Crippen LogP contribution is 2.29. The molecule has 0 bridgehead atoms. The number of aliphatic hydroxyl groups is 1. The Hall–Kier alpha value is -4.41. The summed E-state index contributed by atoms with van der Waals surface area (Å²) in [5.41, 5.74) is 1.94. The summed E-state index contributed by atoms with van der Waals surface area (Å²) in [5.74, 6) is -0.410. The van der Waals surface area contributed by atoms with E-state index < -0.39 is 6.04 Å². The number of carbonyl (C=O) groups excluding carboxylic acids is 3. The molecule has 10 heteroatoms. The SMILES string of the molecule is C[C@@H]1CCCCO[C@@H](CN(C)C(=O)Nc2ccccc2)[C@@H](C)CN([C@H](C)CO)C(=O)c2cc(NC(=O)c3ccccc3)ccc2O1. The molecule has 0 saturated carbocycles. The Morgan fingerprint density at radius 1 is 0.978 bits per heavy atom. The standard InChI is InChI=1S/C36H46N4O6/c1-25-22-40(26(2)24-41)35(43)31-21-30(37-34(42)28-14-7-5-8-15-28)18-19-32(31)46-27(3)13-11-12-20-45-33(25)23-39(4)36(44)38-29-16-9-6-10-17-29/h5-10,14-19,21,25-27,33,41H,11-13,20,22-24H2,1-4H3,(H,37,42)(H,38,44)/t25-,26+,27+,33-/m0/s1. The lowest BCUT2D eigenvalue weighted by Gasteiger charge is -2.35. The quantitative estimate of drug-likeness (QED) is 0.299. The molecule has 0 aliphatic carbocycles. The Kier molecular flexibility index (Phi) is 12.6. The summed E-state index contributed by atoms with van der Waals surface area (Å²) < 4.78 is 12.6. The molecular weight excluding hydrogens is 584 g/mol. The summed E-state index contributed by atoms with van der Waals surface area (Å²) in [7, 11) is 1.72. The van der Waals surface area contributed by atoms with Gasteiger partial charge in [0.15, 0.2) is 0 Å². The molecule has 0 aromatic heterocycles. The highest BCUT2D eigenvalue weighted by Gasteiger charge is 2.31. The summed E-state index contributed by atoms with van der Waals surface area (Å²) in [6.07, 6.45) is 1.86. The molecule has 0 radical (unpaired) electrons. The first-order valence-electron chi connectivity index (χ1n) is 15.9. The minimum atomic E-state index is -0.518. The van der Waals surface area contributed by atoms with Crippen LogP contribution in [0.25, 0.3) is 0 Å². The number of ether oxygens (including phenoxy) is 2. The largest absolute Gasteiger partial charge is 0.490 e. The Morgan fingerprint density at radius 3 is 2.37 bits per heavy atom. The molecule has 0 fully saturated rings. The van der Waals surface area contributed by atoms with Crippen molar-refractivity contribution in [2.45, 2.75) is 58.3 Å². The van der Waals surface area contributed by atoms with Crippen LogP contribution in [0.5, 0.6) is 5.75 Å². The fourth-order valence-corrected chi connectivity index (χ4v) is 5.35. The van der Waals surface area contributed by atoms with Gasteiger partial charge in [-0.2, -0.15) is 0 Å². The van der Waals surface area contributed by atoms with Gasteiger partial charge in [0.1, 0.15) is 5.75 Å². The lowest BCUT2D eigenvalue weighted by molar-refractivity contribution is -0.0115. The third-order valence-corrected chi connectivity index (χ3v) is 8.17. The number of likely N-dealkylation sites (N-methyl/N-ethyl adjacent to an activating group) is 1. The average molecular weight is 631 g/mol. The second kappa shape index (κ2) is 16.8. The number of urea groups is 1. The number of hydrogen-bond donors (Lipinski definition) is 3. The van der Waals surface area contributed by atoms with Crippen LogP contribution in [0.3, 0.4) is 0 Å². The number of fused-ring (bicyclic) bond motifs is 1. The van der Waals surface area contributed by atoms with Crippen LogP contribution in [0.1, 0.15) is 60.7 Å². The first-order valence-corrected chi connectivity index (χ1v) is 15.9. The van der Waals surface area contributed by atoms with Crippen molar-refractivity contribution in [2.75, 3.05) is 44.0 Å². The third kappa shape index (κ3) is 9.55. The molecule has 3 aromatic carbocycles. The van der Waals surface area contributed by atoms with E-state index in [1.807, 2.05) is 50.2 Å². The van der Waals surface area contributed by atoms with Crippen LogP contribution < -0.4 is 15.4 Å². The predicted octanol–water partition coefficient (Wildman–Crippen LogP) is 5.90. The number of nitrogens with zero attached hydrogens (tertiary/aromatic N) is 2. The second-order valence-corrected chi connectivity index (χ2v) is 12.0. The molecule has 0 spiro atoms. The molecule has 4 atom stereocenters. The number of aliphatic hydroxyl groups excluding tert-OH is 1. The van der Waals surface area contributed by atoms with Crippen LogP contribution in [0.2, 0.25) is 0 Å². The molecule has 0 saturated heterocycles. The Balaban J connectivity index is 1.60. The molecule has 46 heavy (non-hydrogen) atoms. The van der Waals surface area contributed by atoms with E-state index in [4.69, 9.17) is 9.47 Å². The van der Waals surface area contributed by atoms with E-state index in [9.17, 15) is 19.5 Å². The highest BCUT2D eigenvalue weighted by molar-refractivity contribution is 6.05. The van der Waals surface area contributed by atoms with Gasteiger partial charge in [-0.1, -0.05) is 43.3 Å². The maximum absolute atomic E-state index is 14.3. The smallest absolute Gasteiger partial charge is 0.321 e. The maximum Gasteiger partial charge on any atom is 0.321 e. The Morgan fingerprint density at radius 2 is 1.67 bits per heavy atom. The zero-order valence-electron chi connectivity index (χ0n) is 27.1. The molecule has 0 unspecified atom stereocenters. The molecule has 3 N–H and O–H groups in total. The Labute approximate surface area is 271 Å². The van der Waals surface area contributed by atoms with E-state index in [1.54, 1.807) is 66.2 Å². The van der Waals surface area contributed by atoms with Crippen molar-refractivity contribution in [1.29, 1.82) is 0 Å². The lowest BCUT2D eigenvalue weighted by atomic mass is 10.0. The summed E-state index contributed by atoms with van der Waals surface area (Å²) in [6.45, 7) is 6.55. The number of nitrogens with one attached hydrogen (secondary N) is 2. The van der Waals surface area contributed by atoms with Gasteiger partial charge in [-0.15, -0.1) is 0 Å². The van der Waals surface area contributed by atoms with Crippen molar-refractivity contribution < 1.29 is 29.0 Å². The molecule has 246 valence electrons. The van der Waals surface area contributed by atoms with Crippen LogP contribution in [0.15, 0.2) is 78.9 Å². The topological polar surface area (TPSA) is 120 Å². The molecule has 1 aliphatic heterocycles. The summed E-state index contributed by atoms with van der Waals surface area (Å²) in [6, 6.07) is 22.4. The van der Waals surface area contributed by atoms with Crippen molar-refractivity contribution in [2.24, 2.45) is 5.92 Å². The minimum absolute atomic E-state index is 0.175. The lowest BCUT2D eigenvalue weighted by Crippen LogP contribution is -2.48. The first kappa shape index (κ1) is 34.5. The molecular formula is C36H46N4O6. The molecule has 1 heterocycles. The minimum Gasteiger partial charge on any atom is -0.490 e. The van der Waals surface area contributed by atoms with Crippen LogP contribution >= 0.6 is 0 Å². The summed E-state index contributed by atoms with van der Waals surface area (Å²) >= 11 is 0. The van der Waals surface area contributed by atoms with Gasteiger partial charge in [0, 0.05) is 49.6 Å². The number of anilines is 2. The monoisotopic (exact) mass is 630 g/mol. The average Bonchev–Trinajstić information content (AvgIpc) is 3.06. The van der Waals surface area contributed by atoms with E-state index in [2.05, 4.69) is 10.6 Å². The van der Waals surface area contributed by atoms with Crippen molar-refractivity contribution >= 4 is 29.2 Å². The third-order valence-electron chi connectivity index (χ3n) is 8.17. The number of rotatable bonds is 7. The van der Waals surface area contributed by atoms with Crippen LogP contribution in [-0.4, -0.2) is 84.4 Å². The Bertz CT molecular complexity index is 1440. The van der Waals surface area contributed by atoms with E-state index >= 15 is 0 Å². The summed E-state index contributed by atoms with van der Waals surface area (Å²) in [4.78, 5) is 43.4. The van der Waals surface area contributed by atoms with Gasteiger partial charge >= 0.3 is 6.03 Å². The van der Waals surface area contributed by atoms with E-state index in [1.165, 1.54) is 0 Å².